The van der Waals surface area contributed by atoms with E-state index in [2.05, 4.69) is 48.2 Å². The molecule has 0 saturated carbocycles. The van der Waals surface area contributed by atoms with Gasteiger partial charge in [-0.25, -0.2) is 4.98 Å². The molecule has 1 saturated heterocycles. The number of pyridine rings is 1. The Morgan fingerprint density at radius 1 is 1.38 bits per heavy atom. The molecule has 1 unspecified atom stereocenters. The van der Waals surface area contributed by atoms with Gasteiger partial charge in [-0.05, 0) is 28.1 Å². The van der Waals surface area contributed by atoms with Crippen LogP contribution in [0.2, 0.25) is 0 Å². The summed E-state index contributed by atoms with van der Waals surface area (Å²) in [6, 6.07) is 6.41. The van der Waals surface area contributed by atoms with E-state index in [1.807, 2.05) is 12.1 Å². The third kappa shape index (κ3) is 1.65. The van der Waals surface area contributed by atoms with E-state index in [0.29, 0.717) is 0 Å². The van der Waals surface area contributed by atoms with Crippen LogP contribution in [0.25, 0.3) is 5.52 Å². The highest BCUT2D eigenvalue weighted by molar-refractivity contribution is 9.10. The van der Waals surface area contributed by atoms with E-state index in [-0.39, 0.29) is 6.04 Å². The van der Waals surface area contributed by atoms with Crippen LogP contribution in [-0.4, -0.2) is 29.0 Å². The fourth-order valence-corrected chi connectivity index (χ4v) is 2.61. The van der Waals surface area contributed by atoms with Crippen LogP contribution in [0.5, 0.6) is 0 Å². The number of hydrogen-bond acceptors (Lipinski definition) is 3. The molecule has 1 aliphatic rings. The molecule has 1 aliphatic heterocycles. The fraction of sp³-hybridized carbons (Fsp3) is 0.364. The molecule has 84 valence electrons. The van der Waals surface area contributed by atoms with Crippen LogP contribution in [-0.2, 0) is 0 Å². The maximum absolute atomic E-state index is 4.59. The van der Waals surface area contributed by atoms with Gasteiger partial charge in [-0.2, -0.15) is 0 Å². The van der Waals surface area contributed by atoms with Crippen molar-refractivity contribution >= 4 is 21.4 Å². The largest absolute Gasteiger partial charge is 0.313 e. The lowest BCUT2D eigenvalue weighted by Gasteiger charge is -2.23. The van der Waals surface area contributed by atoms with Gasteiger partial charge in [-0.15, -0.1) is 0 Å². The Bertz CT molecular complexity index is 502. The van der Waals surface area contributed by atoms with Crippen LogP contribution in [0.1, 0.15) is 11.9 Å². The number of imidazole rings is 1. The van der Waals surface area contributed by atoms with E-state index in [4.69, 9.17) is 0 Å². The first-order valence-corrected chi connectivity index (χ1v) is 6.22. The van der Waals surface area contributed by atoms with Gasteiger partial charge in [0.05, 0.1) is 11.6 Å². The minimum Gasteiger partial charge on any atom is -0.313 e. The van der Waals surface area contributed by atoms with Crippen molar-refractivity contribution in [3.63, 3.8) is 0 Å². The van der Waals surface area contributed by atoms with Gasteiger partial charge >= 0.3 is 0 Å². The van der Waals surface area contributed by atoms with Crippen molar-refractivity contribution in [3.8, 4) is 0 Å². The summed E-state index contributed by atoms with van der Waals surface area (Å²) in [7, 11) is 0. The average Bonchev–Trinajstić information content (AvgIpc) is 2.69. The molecule has 0 spiro atoms. The molecule has 0 radical (unpaired) electrons. The lowest BCUT2D eigenvalue weighted by Crippen LogP contribution is -2.43. The summed E-state index contributed by atoms with van der Waals surface area (Å²) in [5.74, 6) is 1.06. The Morgan fingerprint density at radius 2 is 2.31 bits per heavy atom. The Hall–Kier alpha value is -0.910. The van der Waals surface area contributed by atoms with E-state index in [1.54, 1.807) is 0 Å². The first kappa shape index (κ1) is 10.3. The number of rotatable bonds is 1. The number of hydrogen-bond donors (Lipinski definition) is 2. The molecule has 0 bridgehead atoms. The molecule has 1 fully saturated rings. The number of nitrogens with one attached hydrogen (secondary N) is 2. The zero-order valence-electron chi connectivity index (χ0n) is 8.78. The summed E-state index contributed by atoms with van der Waals surface area (Å²) in [4.78, 5) is 4.59. The van der Waals surface area contributed by atoms with Crippen molar-refractivity contribution in [2.75, 3.05) is 19.6 Å². The summed E-state index contributed by atoms with van der Waals surface area (Å²) in [5, 5.41) is 6.85. The summed E-state index contributed by atoms with van der Waals surface area (Å²) < 4.78 is 3.05. The number of aromatic nitrogens is 2. The zero-order valence-corrected chi connectivity index (χ0v) is 10.4. The van der Waals surface area contributed by atoms with Gasteiger partial charge < -0.3 is 15.0 Å². The van der Waals surface area contributed by atoms with Gasteiger partial charge in [0.2, 0.25) is 0 Å². The summed E-state index contributed by atoms with van der Waals surface area (Å²) in [6.45, 7) is 2.95. The summed E-state index contributed by atoms with van der Waals surface area (Å²) in [5.41, 5.74) is 1.12. The Kier molecular flexibility index (Phi) is 2.67. The van der Waals surface area contributed by atoms with Crippen LogP contribution in [0.4, 0.5) is 0 Å². The van der Waals surface area contributed by atoms with Gasteiger partial charge in [-0.1, -0.05) is 6.07 Å². The monoisotopic (exact) mass is 280 g/mol. The van der Waals surface area contributed by atoms with Crippen molar-refractivity contribution in [2.45, 2.75) is 6.04 Å². The third-order valence-electron chi connectivity index (χ3n) is 2.88. The van der Waals surface area contributed by atoms with Crippen LogP contribution < -0.4 is 10.6 Å². The first-order chi connectivity index (χ1) is 7.86. The molecule has 3 rings (SSSR count). The minimum atomic E-state index is 0.287. The van der Waals surface area contributed by atoms with Crippen molar-refractivity contribution in [1.82, 2.24) is 20.0 Å². The average molecular weight is 281 g/mol. The minimum absolute atomic E-state index is 0.287. The van der Waals surface area contributed by atoms with Crippen LogP contribution in [0, 0.1) is 0 Å². The highest BCUT2D eigenvalue weighted by Gasteiger charge is 2.20. The fourth-order valence-electron chi connectivity index (χ4n) is 2.10. The first-order valence-electron chi connectivity index (χ1n) is 5.43. The Morgan fingerprint density at radius 3 is 3.12 bits per heavy atom. The molecule has 2 aromatic rings. The second-order valence-electron chi connectivity index (χ2n) is 3.93. The van der Waals surface area contributed by atoms with E-state index in [0.717, 1.165) is 35.6 Å². The second kappa shape index (κ2) is 4.16. The summed E-state index contributed by atoms with van der Waals surface area (Å²) in [6.07, 6.45) is 2.05. The highest BCUT2D eigenvalue weighted by atomic mass is 79.9. The topological polar surface area (TPSA) is 41.4 Å². The quantitative estimate of drug-likeness (QED) is 0.828. The molecule has 0 aromatic carbocycles. The maximum Gasteiger partial charge on any atom is 0.133 e. The van der Waals surface area contributed by atoms with Gasteiger partial charge in [-0.3, -0.25) is 0 Å². The van der Waals surface area contributed by atoms with E-state index >= 15 is 0 Å². The molecular weight excluding hydrogens is 268 g/mol. The SMILES string of the molecule is Brc1nc(C2CNCCN2)n2ccccc12. The second-order valence-corrected chi connectivity index (χ2v) is 4.68. The summed E-state index contributed by atoms with van der Waals surface area (Å²) >= 11 is 3.50. The van der Waals surface area contributed by atoms with Crippen molar-refractivity contribution in [1.29, 1.82) is 0 Å². The molecule has 4 nitrogen and oxygen atoms in total. The van der Waals surface area contributed by atoms with Crippen LogP contribution in [0.15, 0.2) is 29.0 Å². The maximum atomic E-state index is 4.59. The van der Waals surface area contributed by atoms with E-state index < -0.39 is 0 Å². The van der Waals surface area contributed by atoms with E-state index in [1.165, 1.54) is 0 Å². The van der Waals surface area contributed by atoms with Gasteiger partial charge in [0, 0.05) is 25.8 Å². The van der Waals surface area contributed by atoms with Gasteiger partial charge in [0.15, 0.2) is 0 Å². The van der Waals surface area contributed by atoms with Crippen molar-refractivity contribution in [3.05, 3.63) is 34.8 Å². The lowest BCUT2D eigenvalue weighted by atomic mass is 10.2. The molecule has 2 aromatic heterocycles. The van der Waals surface area contributed by atoms with Crippen molar-refractivity contribution < 1.29 is 0 Å². The molecule has 2 N–H and O–H groups in total. The number of halogens is 1. The number of fused-ring (bicyclic) bond motifs is 1. The smallest absolute Gasteiger partial charge is 0.133 e. The van der Waals surface area contributed by atoms with Crippen LogP contribution >= 0.6 is 15.9 Å². The normalized spacial score (nSPS) is 21.4. The Balaban J connectivity index is 2.08. The lowest BCUT2D eigenvalue weighted by molar-refractivity contribution is 0.414. The van der Waals surface area contributed by atoms with Gasteiger partial charge in [0.1, 0.15) is 10.4 Å². The molecule has 1 atom stereocenters. The predicted molar refractivity (Wildman–Crippen MR) is 66.5 cm³/mol. The Labute approximate surface area is 102 Å². The highest BCUT2D eigenvalue weighted by Crippen LogP contribution is 2.22. The number of piperazine rings is 1. The number of nitrogens with zero attached hydrogens (tertiary/aromatic N) is 2. The van der Waals surface area contributed by atoms with Crippen LogP contribution in [0.3, 0.4) is 0 Å². The van der Waals surface area contributed by atoms with E-state index in [9.17, 15) is 0 Å². The standard InChI is InChI=1S/C11H13BrN4/c12-10-9-3-1-2-6-16(9)11(15-10)8-7-13-4-5-14-8/h1-3,6,8,13-14H,4-5,7H2. The van der Waals surface area contributed by atoms with Crippen molar-refractivity contribution in [2.24, 2.45) is 0 Å². The zero-order chi connectivity index (χ0) is 11.0. The molecule has 5 heteroatoms. The predicted octanol–water partition coefficient (Wildman–Crippen LogP) is 1.33. The molecule has 0 aliphatic carbocycles. The molecule has 0 amide bonds. The third-order valence-corrected chi connectivity index (χ3v) is 3.47. The molecule has 16 heavy (non-hydrogen) atoms. The van der Waals surface area contributed by atoms with Gasteiger partial charge in [0.25, 0.3) is 0 Å². The molecule has 3 heterocycles. The molecular formula is C11H13BrN4.